The Bertz CT molecular complexity index is 559. The first-order valence-electron chi connectivity index (χ1n) is 6.67. The van der Waals surface area contributed by atoms with E-state index < -0.39 is 4.75 Å². The van der Waals surface area contributed by atoms with Gasteiger partial charge in [-0.1, -0.05) is 55.4 Å². The Hall–Kier alpha value is -1.00. The minimum Gasteiger partial charge on any atom is -0.358 e. The minimum absolute atomic E-state index is 0.0114. The second kappa shape index (κ2) is 5.78. The van der Waals surface area contributed by atoms with Crippen molar-refractivity contribution in [3.05, 3.63) is 34.9 Å². The molecule has 0 aliphatic carbocycles. The maximum atomic E-state index is 12.1. The Balaban J connectivity index is 2.11. The Morgan fingerprint density at radius 2 is 1.95 bits per heavy atom. The summed E-state index contributed by atoms with van der Waals surface area (Å²) < 4.78 is -0.470. The van der Waals surface area contributed by atoms with Gasteiger partial charge in [0.25, 0.3) is 5.91 Å². The summed E-state index contributed by atoms with van der Waals surface area (Å²) in [4.78, 5) is 16.2. The molecule has 108 valence electrons. The first kappa shape index (κ1) is 15.4. The predicted molar refractivity (Wildman–Crippen MR) is 86.3 cm³/mol. The number of benzene rings is 1. The summed E-state index contributed by atoms with van der Waals surface area (Å²) >= 11 is 7.69. The molecule has 1 N–H and O–H groups in total. The molecular weight excluding hydrogens is 292 g/mol. The third-order valence-electron chi connectivity index (χ3n) is 3.75. The van der Waals surface area contributed by atoms with E-state index in [2.05, 4.69) is 10.3 Å². The third-order valence-corrected chi connectivity index (χ3v) is 5.57. The number of thioether (sulfide) groups is 1. The van der Waals surface area contributed by atoms with Gasteiger partial charge in [0.05, 0.1) is 6.04 Å². The van der Waals surface area contributed by atoms with Gasteiger partial charge in [-0.15, -0.1) is 0 Å². The monoisotopic (exact) mass is 310 g/mol. The number of nitrogens with zero attached hydrogens (tertiary/aromatic N) is 1. The Labute approximate surface area is 129 Å². The lowest BCUT2D eigenvalue weighted by Gasteiger charge is -2.25. The Morgan fingerprint density at radius 3 is 2.50 bits per heavy atom. The van der Waals surface area contributed by atoms with Gasteiger partial charge in [-0.05, 0) is 31.4 Å². The molecule has 0 aromatic heterocycles. The molecule has 0 saturated carbocycles. The van der Waals surface area contributed by atoms with Gasteiger partial charge in [0, 0.05) is 5.02 Å². The number of amidine groups is 1. The van der Waals surface area contributed by atoms with Crippen molar-refractivity contribution in [2.75, 3.05) is 0 Å². The van der Waals surface area contributed by atoms with Crippen molar-refractivity contribution in [2.24, 2.45) is 10.9 Å². The van der Waals surface area contributed by atoms with E-state index in [9.17, 15) is 4.79 Å². The second-order valence-electron chi connectivity index (χ2n) is 5.47. The fraction of sp³-hybridized carbons (Fsp3) is 0.467. The van der Waals surface area contributed by atoms with Gasteiger partial charge in [-0.2, -0.15) is 4.99 Å². The van der Waals surface area contributed by atoms with Crippen LogP contribution in [0.5, 0.6) is 0 Å². The SMILES string of the molecule is CC(C)C1(C)SC(N[C@@H](C)c2ccccc2Cl)=NC1=O. The summed E-state index contributed by atoms with van der Waals surface area (Å²) in [7, 11) is 0. The molecule has 20 heavy (non-hydrogen) atoms. The van der Waals surface area contributed by atoms with Crippen LogP contribution in [0.1, 0.15) is 39.3 Å². The molecule has 1 aromatic carbocycles. The molecule has 0 spiro atoms. The molecule has 2 rings (SSSR count). The summed E-state index contributed by atoms with van der Waals surface area (Å²) in [6.45, 7) is 8.05. The molecule has 0 radical (unpaired) electrons. The zero-order valence-corrected chi connectivity index (χ0v) is 13.7. The van der Waals surface area contributed by atoms with Crippen molar-refractivity contribution >= 4 is 34.4 Å². The smallest absolute Gasteiger partial charge is 0.264 e. The number of hydrogen-bond acceptors (Lipinski definition) is 3. The average Bonchev–Trinajstić information content (AvgIpc) is 2.66. The van der Waals surface area contributed by atoms with E-state index in [0.29, 0.717) is 10.2 Å². The molecular formula is C15H19ClN2OS. The van der Waals surface area contributed by atoms with Gasteiger partial charge >= 0.3 is 0 Å². The van der Waals surface area contributed by atoms with Gasteiger partial charge in [0.1, 0.15) is 4.75 Å². The molecule has 1 amide bonds. The summed E-state index contributed by atoms with van der Waals surface area (Å²) in [6, 6.07) is 7.70. The van der Waals surface area contributed by atoms with Crippen molar-refractivity contribution in [1.29, 1.82) is 0 Å². The van der Waals surface area contributed by atoms with E-state index in [1.165, 1.54) is 11.8 Å². The first-order valence-corrected chi connectivity index (χ1v) is 7.87. The highest BCUT2D eigenvalue weighted by Gasteiger charge is 2.43. The Morgan fingerprint density at radius 1 is 1.30 bits per heavy atom. The average molecular weight is 311 g/mol. The van der Waals surface area contributed by atoms with Crippen LogP contribution in [0.15, 0.2) is 29.3 Å². The number of amides is 1. The molecule has 0 fully saturated rings. The van der Waals surface area contributed by atoms with Crippen molar-refractivity contribution in [2.45, 2.75) is 38.5 Å². The largest absolute Gasteiger partial charge is 0.358 e. The molecule has 5 heteroatoms. The van der Waals surface area contributed by atoms with E-state index >= 15 is 0 Å². The first-order chi connectivity index (χ1) is 9.34. The molecule has 3 nitrogen and oxygen atoms in total. The molecule has 0 bridgehead atoms. The minimum atomic E-state index is -0.470. The van der Waals surface area contributed by atoms with Crippen LogP contribution in [-0.2, 0) is 4.79 Å². The second-order valence-corrected chi connectivity index (χ2v) is 7.32. The quantitative estimate of drug-likeness (QED) is 0.916. The summed E-state index contributed by atoms with van der Waals surface area (Å²) in [5.41, 5.74) is 1.00. The molecule has 1 heterocycles. The fourth-order valence-electron chi connectivity index (χ4n) is 1.99. The number of carbonyl (C=O) groups excluding carboxylic acids is 1. The van der Waals surface area contributed by atoms with E-state index in [-0.39, 0.29) is 17.9 Å². The van der Waals surface area contributed by atoms with Gasteiger partial charge in [-0.3, -0.25) is 4.79 Å². The fourth-order valence-corrected chi connectivity index (χ4v) is 3.42. The van der Waals surface area contributed by atoms with Crippen molar-refractivity contribution < 1.29 is 4.79 Å². The molecule has 1 unspecified atom stereocenters. The van der Waals surface area contributed by atoms with Gasteiger partial charge in [0.2, 0.25) is 0 Å². The van der Waals surface area contributed by atoms with Crippen LogP contribution >= 0.6 is 23.4 Å². The van der Waals surface area contributed by atoms with Crippen LogP contribution in [-0.4, -0.2) is 15.8 Å². The molecule has 1 aliphatic rings. The van der Waals surface area contributed by atoms with Gasteiger partial charge in [-0.25, -0.2) is 0 Å². The zero-order valence-electron chi connectivity index (χ0n) is 12.1. The highest BCUT2D eigenvalue weighted by Crippen LogP contribution is 2.39. The summed E-state index contributed by atoms with van der Waals surface area (Å²) in [5, 5.41) is 4.68. The molecule has 2 atom stereocenters. The van der Waals surface area contributed by atoms with E-state index in [4.69, 9.17) is 11.6 Å². The lowest BCUT2D eigenvalue weighted by Crippen LogP contribution is -2.34. The van der Waals surface area contributed by atoms with Gasteiger partial charge in [0.15, 0.2) is 5.17 Å². The van der Waals surface area contributed by atoms with Gasteiger partial charge < -0.3 is 5.32 Å². The van der Waals surface area contributed by atoms with E-state index in [1.54, 1.807) is 0 Å². The predicted octanol–water partition coefficient (Wildman–Crippen LogP) is 4.03. The number of carbonyl (C=O) groups is 1. The van der Waals surface area contributed by atoms with E-state index in [0.717, 1.165) is 5.56 Å². The van der Waals surface area contributed by atoms with Crippen LogP contribution < -0.4 is 5.32 Å². The number of rotatable bonds is 3. The number of nitrogens with one attached hydrogen (secondary N) is 1. The highest BCUT2D eigenvalue weighted by atomic mass is 35.5. The number of halogens is 1. The summed E-state index contributed by atoms with van der Waals surface area (Å²) in [6.07, 6.45) is 0. The van der Waals surface area contributed by atoms with Crippen molar-refractivity contribution in [1.82, 2.24) is 5.32 Å². The lowest BCUT2D eigenvalue weighted by molar-refractivity contribution is -0.120. The van der Waals surface area contributed by atoms with Crippen LogP contribution in [0, 0.1) is 5.92 Å². The van der Waals surface area contributed by atoms with Crippen LogP contribution in [0.2, 0.25) is 5.02 Å². The normalized spacial score (nSPS) is 23.9. The summed E-state index contributed by atoms with van der Waals surface area (Å²) in [5.74, 6) is 0.171. The molecule has 0 saturated heterocycles. The van der Waals surface area contributed by atoms with Crippen LogP contribution in [0.25, 0.3) is 0 Å². The maximum Gasteiger partial charge on any atom is 0.264 e. The van der Waals surface area contributed by atoms with Crippen molar-refractivity contribution in [3.8, 4) is 0 Å². The number of aliphatic imine (C=N–C) groups is 1. The molecule has 1 aromatic rings. The van der Waals surface area contributed by atoms with Crippen molar-refractivity contribution in [3.63, 3.8) is 0 Å². The van der Waals surface area contributed by atoms with Crippen LogP contribution in [0.4, 0.5) is 0 Å². The lowest BCUT2D eigenvalue weighted by atomic mass is 9.96. The van der Waals surface area contributed by atoms with Crippen LogP contribution in [0.3, 0.4) is 0 Å². The highest BCUT2D eigenvalue weighted by molar-refractivity contribution is 8.16. The Kier molecular flexibility index (Phi) is 4.45. The third kappa shape index (κ3) is 2.86. The van der Waals surface area contributed by atoms with E-state index in [1.807, 2.05) is 52.0 Å². The standard InChI is InChI=1S/C15H19ClN2OS/c1-9(2)15(4)13(19)18-14(20-15)17-10(3)11-7-5-6-8-12(11)16/h5-10H,1-4H3,(H,17,18,19)/t10-,15?/m0/s1. The topological polar surface area (TPSA) is 41.5 Å². The molecule has 1 aliphatic heterocycles. The zero-order chi connectivity index (χ0) is 14.9. The number of hydrogen-bond donors (Lipinski definition) is 1. The maximum absolute atomic E-state index is 12.1.